The van der Waals surface area contributed by atoms with Crippen LogP contribution in [0, 0.1) is 0 Å². The number of anilines is 2. The van der Waals surface area contributed by atoms with Gasteiger partial charge in [-0.15, -0.1) is 0 Å². The average molecular weight is 455 g/mol. The van der Waals surface area contributed by atoms with Gasteiger partial charge in [-0.1, -0.05) is 0 Å². The lowest BCUT2D eigenvalue weighted by Crippen LogP contribution is -2.22. The number of allylic oxidation sites excluding steroid dienone is 1. The number of nitrogens with one attached hydrogen (secondary N) is 1. The van der Waals surface area contributed by atoms with Crippen molar-refractivity contribution in [1.29, 1.82) is 0 Å². The van der Waals surface area contributed by atoms with Crippen molar-refractivity contribution in [2.24, 2.45) is 10.7 Å². The zero-order valence-electron chi connectivity index (χ0n) is 17.7. The van der Waals surface area contributed by atoms with Gasteiger partial charge in [-0.25, -0.2) is 15.0 Å². The van der Waals surface area contributed by atoms with Gasteiger partial charge in [0.1, 0.15) is 11.5 Å². The van der Waals surface area contributed by atoms with Crippen LogP contribution in [0.1, 0.15) is 15.9 Å². The van der Waals surface area contributed by atoms with E-state index >= 15 is 0 Å². The van der Waals surface area contributed by atoms with Crippen LogP contribution in [0.3, 0.4) is 0 Å². The van der Waals surface area contributed by atoms with Crippen LogP contribution >= 0.6 is 0 Å². The van der Waals surface area contributed by atoms with Gasteiger partial charge >= 0.3 is 6.18 Å². The Kier molecular flexibility index (Phi) is 7.01. The van der Waals surface area contributed by atoms with Crippen molar-refractivity contribution in [2.45, 2.75) is 6.18 Å². The number of nitrogens with two attached hydrogens (primary N) is 1. The second kappa shape index (κ2) is 9.90. The number of nitrogens with zero attached hydrogens (tertiary/aromatic N) is 5. The summed E-state index contributed by atoms with van der Waals surface area (Å²) in [5.41, 5.74) is 5.36. The molecule has 0 aliphatic rings. The topological polar surface area (TPSA) is 109 Å². The molecule has 3 N–H and O–H groups in total. The molecule has 3 aromatic rings. The van der Waals surface area contributed by atoms with E-state index in [2.05, 4.69) is 25.3 Å². The van der Waals surface area contributed by atoms with E-state index in [1.807, 2.05) is 0 Å². The fraction of sp³-hybridized carbons (Fsp3) is 0.136. The molecule has 0 radical (unpaired) electrons. The third kappa shape index (κ3) is 6.12. The number of carbonyl (C=O) groups excluding carboxylic acids is 1. The summed E-state index contributed by atoms with van der Waals surface area (Å²) in [4.78, 5) is 29.8. The van der Waals surface area contributed by atoms with Crippen LogP contribution in [0.5, 0.6) is 0 Å². The molecule has 8 nitrogen and oxygen atoms in total. The van der Waals surface area contributed by atoms with Crippen molar-refractivity contribution >= 4 is 34.6 Å². The van der Waals surface area contributed by atoms with E-state index in [4.69, 9.17) is 5.73 Å². The summed E-state index contributed by atoms with van der Waals surface area (Å²) >= 11 is 0. The summed E-state index contributed by atoms with van der Waals surface area (Å²) < 4.78 is 40.4. The molecule has 3 rings (SSSR count). The number of hydrogen-bond donors (Lipinski definition) is 2. The summed E-state index contributed by atoms with van der Waals surface area (Å²) in [6.45, 7) is 0. The number of halogens is 3. The van der Waals surface area contributed by atoms with Crippen LogP contribution in [0.2, 0.25) is 0 Å². The molecule has 0 spiro atoms. The SMILES string of the molecule is CN(C)c1ncccc1C(=O)Nc1ccc(N=C(C=C(N)c2cccnc2)C(F)(F)F)nc1. The number of carbonyl (C=O) groups is 1. The van der Waals surface area contributed by atoms with E-state index < -0.39 is 17.8 Å². The highest BCUT2D eigenvalue weighted by molar-refractivity contribution is 6.07. The molecule has 0 aromatic carbocycles. The van der Waals surface area contributed by atoms with E-state index in [0.29, 0.717) is 16.9 Å². The minimum Gasteiger partial charge on any atom is -0.398 e. The Morgan fingerprint density at radius 3 is 2.45 bits per heavy atom. The number of aromatic nitrogens is 3. The van der Waals surface area contributed by atoms with Gasteiger partial charge in [0.05, 0.1) is 17.4 Å². The predicted molar refractivity (Wildman–Crippen MR) is 120 cm³/mol. The second-order valence-electron chi connectivity index (χ2n) is 6.96. The zero-order valence-corrected chi connectivity index (χ0v) is 17.7. The highest BCUT2D eigenvalue weighted by Crippen LogP contribution is 2.24. The molecule has 0 aliphatic carbocycles. The van der Waals surface area contributed by atoms with Crippen molar-refractivity contribution in [1.82, 2.24) is 15.0 Å². The third-order valence-corrected chi connectivity index (χ3v) is 4.27. The van der Waals surface area contributed by atoms with Crippen molar-refractivity contribution in [3.05, 3.63) is 78.4 Å². The van der Waals surface area contributed by atoms with Crippen LogP contribution in [-0.2, 0) is 0 Å². The highest BCUT2D eigenvalue weighted by atomic mass is 19.4. The molecule has 3 heterocycles. The first-order chi connectivity index (χ1) is 15.6. The monoisotopic (exact) mass is 455 g/mol. The molecule has 0 saturated carbocycles. The van der Waals surface area contributed by atoms with Crippen LogP contribution in [-0.4, -0.2) is 46.8 Å². The lowest BCUT2D eigenvalue weighted by Gasteiger charge is -2.15. The minimum absolute atomic E-state index is 0.142. The first kappa shape index (κ1) is 23.4. The fourth-order valence-corrected chi connectivity index (χ4v) is 2.72. The molecule has 0 unspecified atom stereocenters. The largest absolute Gasteiger partial charge is 0.433 e. The number of hydrogen-bond acceptors (Lipinski definition) is 7. The van der Waals surface area contributed by atoms with Gasteiger partial charge < -0.3 is 16.0 Å². The molecule has 0 saturated heterocycles. The van der Waals surface area contributed by atoms with Gasteiger partial charge in [-0.2, -0.15) is 13.2 Å². The average Bonchev–Trinajstić information content (AvgIpc) is 2.79. The molecular weight excluding hydrogens is 435 g/mol. The first-order valence-corrected chi connectivity index (χ1v) is 9.58. The molecule has 170 valence electrons. The van der Waals surface area contributed by atoms with E-state index in [0.717, 1.165) is 6.08 Å². The molecule has 0 fully saturated rings. The Morgan fingerprint density at radius 2 is 1.85 bits per heavy atom. The Morgan fingerprint density at radius 1 is 1.09 bits per heavy atom. The maximum Gasteiger partial charge on any atom is 0.433 e. The van der Waals surface area contributed by atoms with Crippen molar-refractivity contribution in [3.8, 4) is 0 Å². The lowest BCUT2D eigenvalue weighted by molar-refractivity contribution is -0.0576. The van der Waals surface area contributed by atoms with Gasteiger partial charge in [0.25, 0.3) is 5.91 Å². The molecule has 1 amide bonds. The number of amides is 1. The van der Waals surface area contributed by atoms with Crippen molar-refractivity contribution in [3.63, 3.8) is 0 Å². The summed E-state index contributed by atoms with van der Waals surface area (Å²) in [6, 6.07) is 8.98. The molecule has 33 heavy (non-hydrogen) atoms. The first-order valence-electron chi connectivity index (χ1n) is 9.58. The summed E-state index contributed by atoms with van der Waals surface area (Å²) in [5, 5.41) is 2.64. The molecule has 3 aromatic heterocycles. The Balaban J connectivity index is 1.82. The normalized spacial score (nSPS) is 12.4. The molecule has 0 bridgehead atoms. The summed E-state index contributed by atoms with van der Waals surface area (Å²) in [6.07, 6.45) is 1.57. The Hall–Kier alpha value is -4.28. The van der Waals surface area contributed by atoms with E-state index in [9.17, 15) is 18.0 Å². The minimum atomic E-state index is -4.76. The van der Waals surface area contributed by atoms with Gasteiger partial charge in [0.2, 0.25) is 0 Å². The maximum atomic E-state index is 13.5. The van der Waals surface area contributed by atoms with E-state index in [-0.39, 0.29) is 17.2 Å². The standard InChI is InChI=1S/C22H20F3N7O/c1-32(2)20-16(6-4-10-28-20)21(33)30-15-7-8-19(29-13-15)31-18(22(23,24)25)11-17(26)14-5-3-9-27-12-14/h3-13H,26H2,1-2H3,(H,30,33). The molecule has 11 heteroatoms. The van der Waals surface area contributed by atoms with Crippen LogP contribution in [0.25, 0.3) is 5.70 Å². The molecule has 0 atom stereocenters. The Labute approximate surface area is 187 Å². The predicted octanol–water partition coefficient (Wildman–Crippen LogP) is 3.82. The molecular formula is C22H20F3N7O. The number of alkyl halides is 3. The van der Waals surface area contributed by atoms with Crippen molar-refractivity contribution < 1.29 is 18.0 Å². The van der Waals surface area contributed by atoms with Gasteiger partial charge in [0.15, 0.2) is 5.82 Å². The second-order valence-corrected chi connectivity index (χ2v) is 6.96. The smallest absolute Gasteiger partial charge is 0.398 e. The zero-order chi connectivity index (χ0) is 24.0. The van der Waals surface area contributed by atoms with Gasteiger partial charge in [0, 0.05) is 43.9 Å². The number of aliphatic imine (C=N–C) groups is 1. The van der Waals surface area contributed by atoms with Crippen LogP contribution < -0.4 is 16.0 Å². The lowest BCUT2D eigenvalue weighted by atomic mass is 10.2. The fourth-order valence-electron chi connectivity index (χ4n) is 2.72. The quantitative estimate of drug-likeness (QED) is 0.547. The third-order valence-electron chi connectivity index (χ3n) is 4.27. The number of rotatable bonds is 6. The van der Waals surface area contributed by atoms with E-state index in [1.165, 1.54) is 36.8 Å². The van der Waals surface area contributed by atoms with Crippen LogP contribution in [0.4, 0.5) is 30.5 Å². The summed E-state index contributed by atoms with van der Waals surface area (Å²) in [7, 11) is 3.50. The Bertz CT molecular complexity index is 1170. The van der Waals surface area contributed by atoms with E-state index in [1.54, 1.807) is 43.4 Å². The highest BCUT2D eigenvalue weighted by Gasteiger charge is 2.34. The van der Waals surface area contributed by atoms with Gasteiger partial charge in [-0.05, 0) is 42.5 Å². The van der Waals surface area contributed by atoms with Crippen molar-refractivity contribution in [2.75, 3.05) is 24.3 Å². The number of pyridine rings is 3. The maximum absolute atomic E-state index is 13.5. The molecule has 0 aliphatic heterocycles. The van der Waals surface area contributed by atoms with Gasteiger partial charge in [-0.3, -0.25) is 9.78 Å². The van der Waals surface area contributed by atoms with Crippen LogP contribution in [0.15, 0.2) is 72.3 Å². The summed E-state index contributed by atoms with van der Waals surface area (Å²) in [5.74, 6) is -0.170.